The van der Waals surface area contributed by atoms with E-state index in [2.05, 4.69) is 20.2 Å². The number of carbonyl (C=O) groups is 2. The molecule has 9 nitrogen and oxygen atoms in total. The van der Waals surface area contributed by atoms with Crippen molar-refractivity contribution >= 4 is 34.8 Å². The van der Waals surface area contributed by atoms with E-state index in [1.807, 2.05) is 18.2 Å². The zero-order chi connectivity index (χ0) is 28.0. The second-order valence-corrected chi connectivity index (χ2v) is 11.1. The van der Waals surface area contributed by atoms with Gasteiger partial charge in [-0.15, -0.1) is 0 Å². The lowest BCUT2D eigenvalue weighted by Gasteiger charge is -2.53. The van der Waals surface area contributed by atoms with Crippen LogP contribution in [0.25, 0.3) is 11.3 Å². The number of nitrogens with one attached hydrogen (secondary N) is 1. The number of hydrogen-bond donors (Lipinski definition) is 1. The highest BCUT2D eigenvalue weighted by molar-refractivity contribution is 6.33. The zero-order valence-corrected chi connectivity index (χ0v) is 23.0. The van der Waals surface area contributed by atoms with Gasteiger partial charge in [0.15, 0.2) is 0 Å². The molecule has 1 unspecified atom stereocenters. The largest absolute Gasteiger partial charge is 0.489 e. The van der Waals surface area contributed by atoms with Gasteiger partial charge in [0.2, 0.25) is 5.82 Å². The number of rotatable bonds is 4. The van der Waals surface area contributed by atoms with E-state index in [9.17, 15) is 14.0 Å². The van der Waals surface area contributed by atoms with Crippen molar-refractivity contribution in [2.45, 2.75) is 25.8 Å². The first-order valence-corrected chi connectivity index (χ1v) is 13.6. The molecule has 3 aromatic rings. The lowest BCUT2D eigenvalue weighted by atomic mass is 9.73. The minimum atomic E-state index is -0.970. The molecule has 1 aromatic heterocycles. The maximum atomic E-state index is 14.1. The fraction of sp³-hybridized carbons (Fsp3) is 0.379. The third-order valence-corrected chi connectivity index (χ3v) is 8.28. The van der Waals surface area contributed by atoms with Gasteiger partial charge in [0.25, 0.3) is 11.8 Å². The number of carbonyl (C=O) groups excluding carboxylic acids is 2. The third-order valence-electron chi connectivity index (χ3n) is 8.01. The number of anilines is 2. The molecule has 2 aromatic carbocycles. The van der Waals surface area contributed by atoms with Gasteiger partial charge in [-0.3, -0.25) is 9.59 Å². The van der Waals surface area contributed by atoms with Crippen molar-refractivity contribution in [3.63, 3.8) is 0 Å². The highest BCUT2D eigenvalue weighted by Gasteiger charge is 2.44. The summed E-state index contributed by atoms with van der Waals surface area (Å²) in [5.41, 5.74) is 3.08. The summed E-state index contributed by atoms with van der Waals surface area (Å²) in [6.45, 7) is 5.13. The molecule has 4 heterocycles. The fourth-order valence-electron chi connectivity index (χ4n) is 5.50. The maximum absolute atomic E-state index is 14.1. The van der Waals surface area contributed by atoms with Gasteiger partial charge in [-0.1, -0.05) is 23.7 Å². The summed E-state index contributed by atoms with van der Waals surface area (Å²) < 4.78 is 25.6. The number of nitrogens with zero attached hydrogens (tertiary/aromatic N) is 4. The summed E-state index contributed by atoms with van der Waals surface area (Å²) in [5.74, 6) is -1.05. The van der Waals surface area contributed by atoms with Crippen LogP contribution in [-0.2, 0) is 9.53 Å². The number of hydrogen-bond acceptors (Lipinski definition) is 7. The lowest BCUT2D eigenvalue weighted by molar-refractivity contribution is -0.120. The Labute approximate surface area is 236 Å². The van der Waals surface area contributed by atoms with Crippen molar-refractivity contribution < 1.29 is 23.5 Å². The van der Waals surface area contributed by atoms with Crippen LogP contribution in [0.1, 0.15) is 29.0 Å². The van der Waals surface area contributed by atoms with Crippen molar-refractivity contribution in [3.8, 4) is 17.0 Å². The molecule has 1 N–H and O–H groups in total. The average molecular weight is 566 g/mol. The van der Waals surface area contributed by atoms with Crippen molar-refractivity contribution in [1.29, 1.82) is 0 Å². The van der Waals surface area contributed by atoms with Crippen LogP contribution < -0.4 is 19.9 Å². The summed E-state index contributed by atoms with van der Waals surface area (Å²) >= 11 is 6.26. The van der Waals surface area contributed by atoms with Crippen molar-refractivity contribution in [3.05, 3.63) is 64.8 Å². The summed E-state index contributed by atoms with van der Waals surface area (Å²) in [4.78, 5) is 38.6. The molecule has 2 fully saturated rings. The Morgan fingerprint density at radius 3 is 2.70 bits per heavy atom. The molecule has 3 aliphatic rings. The lowest BCUT2D eigenvalue weighted by Crippen LogP contribution is -2.58. The number of likely N-dealkylation sites (N-methyl/N-ethyl adjacent to an activating group) is 1. The van der Waals surface area contributed by atoms with E-state index in [0.29, 0.717) is 28.0 Å². The van der Waals surface area contributed by atoms with E-state index in [1.165, 1.54) is 17.2 Å². The SMILES string of the molecule is Cc1ccc(-c2nc(C(=O)NC3COc4ccc(N5CC6(CCOCC6)C5)cc4N(C)C3=O)ncc2Cl)cc1F. The van der Waals surface area contributed by atoms with Crippen LogP contribution in [0, 0.1) is 18.2 Å². The quantitative estimate of drug-likeness (QED) is 0.510. The monoisotopic (exact) mass is 565 g/mol. The Kier molecular flexibility index (Phi) is 6.83. The predicted molar refractivity (Wildman–Crippen MR) is 148 cm³/mol. The van der Waals surface area contributed by atoms with Crippen LogP contribution in [0.3, 0.4) is 0 Å². The van der Waals surface area contributed by atoms with Gasteiger partial charge in [0.1, 0.15) is 24.2 Å². The molecule has 2 amide bonds. The molecule has 1 atom stereocenters. The van der Waals surface area contributed by atoms with E-state index >= 15 is 0 Å². The number of aryl methyl sites for hydroxylation is 1. The molecule has 2 saturated heterocycles. The smallest absolute Gasteiger partial charge is 0.289 e. The topological polar surface area (TPSA) is 96.9 Å². The molecule has 6 rings (SSSR count). The van der Waals surface area contributed by atoms with Crippen LogP contribution in [-0.4, -0.2) is 67.8 Å². The standard InChI is InChI=1S/C29H29ClFN5O4/c1-17-3-4-18(11-21(17)31)25-20(30)13-32-26(34-25)27(37)33-22-14-40-24-6-5-19(12-23(24)35(2)28(22)38)36-15-29(16-36)7-9-39-10-8-29/h3-6,11-13,22H,7-10,14-16H2,1-2H3,(H,33,37). The van der Waals surface area contributed by atoms with E-state index in [0.717, 1.165) is 44.8 Å². The zero-order valence-electron chi connectivity index (χ0n) is 22.2. The Bertz CT molecular complexity index is 1490. The van der Waals surface area contributed by atoms with Crippen LogP contribution >= 0.6 is 11.6 Å². The molecular weight excluding hydrogens is 537 g/mol. The molecule has 1 spiro atoms. The van der Waals surface area contributed by atoms with Gasteiger partial charge >= 0.3 is 0 Å². The normalized spacial score (nSPS) is 19.9. The summed E-state index contributed by atoms with van der Waals surface area (Å²) in [6, 6.07) is 9.43. The van der Waals surface area contributed by atoms with Crippen molar-refractivity contribution in [2.75, 3.05) is 49.8 Å². The third kappa shape index (κ3) is 4.86. The van der Waals surface area contributed by atoms with E-state index < -0.39 is 17.8 Å². The minimum absolute atomic E-state index is 0.0578. The second-order valence-electron chi connectivity index (χ2n) is 10.7. The first-order valence-electron chi connectivity index (χ1n) is 13.2. The van der Waals surface area contributed by atoms with Gasteiger partial charge in [0, 0.05) is 50.0 Å². The molecule has 0 saturated carbocycles. The van der Waals surface area contributed by atoms with Gasteiger partial charge in [0.05, 0.1) is 22.6 Å². The van der Waals surface area contributed by atoms with Crippen molar-refractivity contribution in [1.82, 2.24) is 15.3 Å². The second kappa shape index (κ2) is 10.3. The molecule has 3 aliphatic heterocycles. The Morgan fingerprint density at radius 2 is 1.95 bits per heavy atom. The maximum Gasteiger partial charge on any atom is 0.289 e. The van der Waals surface area contributed by atoms with Crippen molar-refractivity contribution in [2.24, 2.45) is 5.41 Å². The molecule has 208 valence electrons. The number of aromatic nitrogens is 2. The van der Waals surface area contributed by atoms with Gasteiger partial charge < -0.3 is 24.6 Å². The first-order chi connectivity index (χ1) is 19.2. The Balaban J connectivity index is 1.17. The summed E-state index contributed by atoms with van der Waals surface area (Å²) in [7, 11) is 1.66. The highest BCUT2D eigenvalue weighted by atomic mass is 35.5. The van der Waals surface area contributed by atoms with Crippen LogP contribution in [0.5, 0.6) is 5.75 Å². The predicted octanol–water partition coefficient (Wildman–Crippen LogP) is 4.02. The number of fused-ring (bicyclic) bond motifs is 1. The number of ether oxygens (including phenoxy) is 2. The Morgan fingerprint density at radius 1 is 1.18 bits per heavy atom. The minimum Gasteiger partial charge on any atom is -0.489 e. The molecule has 0 aliphatic carbocycles. The number of benzene rings is 2. The number of amides is 2. The van der Waals surface area contributed by atoms with Gasteiger partial charge in [-0.2, -0.15) is 0 Å². The Hall–Kier alpha value is -3.76. The molecule has 40 heavy (non-hydrogen) atoms. The fourth-order valence-corrected chi connectivity index (χ4v) is 5.70. The van der Waals surface area contributed by atoms with Crippen LogP contribution in [0.2, 0.25) is 5.02 Å². The van der Waals surface area contributed by atoms with Crippen LogP contribution in [0.15, 0.2) is 42.6 Å². The van der Waals surface area contributed by atoms with Gasteiger partial charge in [-0.25, -0.2) is 14.4 Å². The highest BCUT2D eigenvalue weighted by Crippen LogP contribution is 2.44. The van der Waals surface area contributed by atoms with Crippen LogP contribution in [0.4, 0.5) is 15.8 Å². The number of halogens is 2. The summed E-state index contributed by atoms with van der Waals surface area (Å²) in [5, 5.41) is 2.86. The molecule has 0 radical (unpaired) electrons. The molecule has 11 heteroatoms. The van der Waals surface area contributed by atoms with Gasteiger partial charge in [-0.05, 0) is 49.6 Å². The van der Waals surface area contributed by atoms with E-state index in [4.69, 9.17) is 21.1 Å². The summed E-state index contributed by atoms with van der Waals surface area (Å²) in [6.07, 6.45) is 3.42. The average Bonchev–Trinajstić information content (AvgIpc) is 3.05. The van der Waals surface area contributed by atoms with E-state index in [-0.39, 0.29) is 29.1 Å². The first kappa shape index (κ1) is 26.5. The molecular formula is C29H29ClFN5O4. The molecule has 0 bridgehead atoms. The van der Waals surface area contributed by atoms with E-state index in [1.54, 1.807) is 26.1 Å².